The maximum absolute atomic E-state index is 11.1. The molecule has 16 heavy (non-hydrogen) atoms. The molecule has 0 aromatic carbocycles. The number of rotatable bonds is 6. The summed E-state index contributed by atoms with van der Waals surface area (Å²) in [6, 6.07) is 0. The van der Waals surface area contributed by atoms with Crippen LogP contribution in [0.3, 0.4) is 0 Å². The standard InChI is InChI=1S/C9H20N2O3S2/c1-16(13,14)9-3-10-2-4-11-5-7-15(12)8-6-11/h10H,2-9H2,1H3. The second-order valence-corrected chi connectivity index (χ2v) is 8.03. The highest BCUT2D eigenvalue weighted by atomic mass is 32.2. The molecule has 1 rings (SSSR count). The quantitative estimate of drug-likeness (QED) is 0.606. The Morgan fingerprint density at radius 1 is 1.25 bits per heavy atom. The molecule has 0 saturated carbocycles. The van der Waals surface area contributed by atoms with E-state index in [1.807, 2.05) is 0 Å². The first kappa shape index (κ1) is 14.1. The van der Waals surface area contributed by atoms with Crippen LogP contribution in [0, 0.1) is 0 Å². The lowest BCUT2D eigenvalue weighted by Crippen LogP contribution is -2.41. The maximum Gasteiger partial charge on any atom is 0.148 e. The predicted molar refractivity (Wildman–Crippen MR) is 66.9 cm³/mol. The fourth-order valence-corrected chi connectivity index (χ4v) is 3.16. The molecule has 1 saturated heterocycles. The van der Waals surface area contributed by atoms with E-state index in [9.17, 15) is 12.6 Å². The summed E-state index contributed by atoms with van der Waals surface area (Å²) in [5, 5.41) is 3.10. The van der Waals surface area contributed by atoms with Crippen molar-refractivity contribution in [2.24, 2.45) is 0 Å². The van der Waals surface area contributed by atoms with Gasteiger partial charge in [-0.3, -0.25) is 4.21 Å². The van der Waals surface area contributed by atoms with Crippen LogP contribution in [0.4, 0.5) is 0 Å². The fraction of sp³-hybridized carbons (Fsp3) is 1.00. The minimum atomic E-state index is -2.85. The summed E-state index contributed by atoms with van der Waals surface area (Å²) < 4.78 is 32.8. The van der Waals surface area contributed by atoms with E-state index in [4.69, 9.17) is 0 Å². The zero-order valence-electron chi connectivity index (χ0n) is 9.65. The summed E-state index contributed by atoms with van der Waals surface area (Å²) in [6.07, 6.45) is 1.24. The highest BCUT2D eigenvalue weighted by Gasteiger charge is 2.13. The molecule has 7 heteroatoms. The van der Waals surface area contributed by atoms with E-state index < -0.39 is 20.6 Å². The second kappa shape index (κ2) is 6.68. The van der Waals surface area contributed by atoms with Crippen molar-refractivity contribution in [2.45, 2.75) is 0 Å². The first-order valence-corrected chi connectivity index (χ1v) is 8.98. The minimum Gasteiger partial charge on any atom is -0.314 e. The van der Waals surface area contributed by atoms with Crippen molar-refractivity contribution in [3.8, 4) is 0 Å². The van der Waals surface area contributed by atoms with E-state index in [2.05, 4.69) is 10.2 Å². The summed E-state index contributed by atoms with van der Waals surface area (Å²) in [5.74, 6) is 1.73. The summed E-state index contributed by atoms with van der Waals surface area (Å²) >= 11 is 0. The molecule has 1 fully saturated rings. The van der Waals surface area contributed by atoms with Crippen molar-refractivity contribution in [3.05, 3.63) is 0 Å². The number of hydrogen-bond donors (Lipinski definition) is 1. The third kappa shape index (κ3) is 6.57. The van der Waals surface area contributed by atoms with Gasteiger partial charge in [0.2, 0.25) is 0 Å². The molecule has 0 unspecified atom stereocenters. The van der Waals surface area contributed by atoms with Crippen LogP contribution in [0.25, 0.3) is 0 Å². The van der Waals surface area contributed by atoms with Crippen molar-refractivity contribution in [1.29, 1.82) is 0 Å². The minimum absolute atomic E-state index is 0.191. The summed E-state index contributed by atoms with van der Waals surface area (Å²) in [7, 11) is -3.48. The summed E-state index contributed by atoms with van der Waals surface area (Å²) in [6.45, 7) is 3.99. The number of nitrogens with one attached hydrogen (secondary N) is 1. The zero-order chi connectivity index (χ0) is 12.0. The maximum atomic E-state index is 11.1. The SMILES string of the molecule is CS(=O)(=O)CCNCCN1CCS(=O)CC1. The van der Waals surface area contributed by atoms with Gasteiger partial charge < -0.3 is 10.2 Å². The van der Waals surface area contributed by atoms with E-state index in [1.165, 1.54) is 6.26 Å². The third-order valence-electron chi connectivity index (χ3n) is 2.52. The zero-order valence-corrected chi connectivity index (χ0v) is 11.3. The van der Waals surface area contributed by atoms with E-state index in [-0.39, 0.29) is 5.75 Å². The van der Waals surface area contributed by atoms with Crippen LogP contribution in [0.2, 0.25) is 0 Å². The Labute approximate surface area is 100.0 Å². The van der Waals surface area contributed by atoms with Crippen LogP contribution >= 0.6 is 0 Å². The van der Waals surface area contributed by atoms with Crippen LogP contribution in [0.15, 0.2) is 0 Å². The lowest BCUT2D eigenvalue weighted by Gasteiger charge is -2.25. The molecule has 5 nitrogen and oxygen atoms in total. The first-order valence-electron chi connectivity index (χ1n) is 5.43. The molecule has 0 aromatic heterocycles. The summed E-state index contributed by atoms with van der Waals surface area (Å²) in [5.41, 5.74) is 0. The van der Waals surface area contributed by atoms with Gasteiger partial charge in [0.05, 0.1) is 5.75 Å². The van der Waals surface area contributed by atoms with E-state index >= 15 is 0 Å². The van der Waals surface area contributed by atoms with Crippen molar-refractivity contribution < 1.29 is 12.6 Å². The molecule has 96 valence electrons. The molecule has 0 bridgehead atoms. The highest BCUT2D eigenvalue weighted by Crippen LogP contribution is 1.98. The molecule has 1 N–H and O–H groups in total. The van der Waals surface area contributed by atoms with E-state index in [1.54, 1.807) is 0 Å². The third-order valence-corrected chi connectivity index (χ3v) is 4.75. The van der Waals surface area contributed by atoms with Gasteiger partial charge in [-0.15, -0.1) is 0 Å². The monoisotopic (exact) mass is 268 g/mol. The van der Waals surface area contributed by atoms with Gasteiger partial charge in [-0.05, 0) is 0 Å². The van der Waals surface area contributed by atoms with Crippen LogP contribution < -0.4 is 5.32 Å². The average Bonchev–Trinajstić information content (AvgIpc) is 2.19. The van der Waals surface area contributed by atoms with Crippen molar-refractivity contribution in [2.75, 3.05) is 56.2 Å². The van der Waals surface area contributed by atoms with Crippen molar-refractivity contribution in [1.82, 2.24) is 10.2 Å². The molecule has 0 radical (unpaired) electrons. The fourth-order valence-electron chi connectivity index (χ4n) is 1.52. The highest BCUT2D eigenvalue weighted by molar-refractivity contribution is 7.90. The van der Waals surface area contributed by atoms with Crippen molar-refractivity contribution in [3.63, 3.8) is 0 Å². The Morgan fingerprint density at radius 3 is 2.44 bits per heavy atom. The lowest BCUT2D eigenvalue weighted by molar-refractivity contribution is 0.299. The van der Waals surface area contributed by atoms with Crippen LogP contribution in [0.1, 0.15) is 0 Å². The molecule has 0 aromatic rings. The van der Waals surface area contributed by atoms with Gasteiger partial charge in [-0.2, -0.15) is 0 Å². The summed E-state index contributed by atoms with van der Waals surface area (Å²) in [4.78, 5) is 2.26. The van der Waals surface area contributed by atoms with Gasteiger partial charge in [0.25, 0.3) is 0 Å². The molecular weight excluding hydrogens is 248 g/mol. The van der Waals surface area contributed by atoms with Crippen LogP contribution in [-0.4, -0.2) is 73.8 Å². The Bertz CT molecular complexity index is 320. The molecule has 0 spiro atoms. The lowest BCUT2D eigenvalue weighted by atomic mass is 10.4. The van der Waals surface area contributed by atoms with E-state index in [0.717, 1.165) is 37.7 Å². The molecular formula is C9H20N2O3S2. The van der Waals surface area contributed by atoms with E-state index in [0.29, 0.717) is 6.54 Å². The smallest absolute Gasteiger partial charge is 0.148 e. The van der Waals surface area contributed by atoms with Crippen LogP contribution in [0.5, 0.6) is 0 Å². The number of sulfone groups is 1. The molecule has 0 amide bonds. The normalized spacial score (nSPS) is 20.1. The molecule has 0 aliphatic carbocycles. The topological polar surface area (TPSA) is 66.5 Å². The van der Waals surface area contributed by atoms with Gasteiger partial charge in [0, 0.05) is 61.3 Å². The average molecular weight is 268 g/mol. The molecule has 1 aliphatic heterocycles. The Hall–Kier alpha value is 0.0200. The van der Waals surface area contributed by atoms with Gasteiger partial charge in [-0.25, -0.2) is 8.42 Å². The molecule has 1 aliphatic rings. The Morgan fingerprint density at radius 2 is 1.88 bits per heavy atom. The van der Waals surface area contributed by atoms with Gasteiger partial charge >= 0.3 is 0 Å². The predicted octanol–water partition coefficient (Wildman–Crippen LogP) is -1.32. The Balaban J connectivity index is 2.01. The van der Waals surface area contributed by atoms with Gasteiger partial charge in [0.15, 0.2) is 0 Å². The second-order valence-electron chi connectivity index (χ2n) is 4.07. The van der Waals surface area contributed by atoms with Crippen molar-refractivity contribution >= 4 is 20.6 Å². The number of nitrogens with zero attached hydrogens (tertiary/aromatic N) is 1. The molecule has 0 atom stereocenters. The largest absolute Gasteiger partial charge is 0.314 e. The van der Waals surface area contributed by atoms with Gasteiger partial charge in [0.1, 0.15) is 9.84 Å². The van der Waals surface area contributed by atoms with Gasteiger partial charge in [-0.1, -0.05) is 0 Å². The first-order chi connectivity index (χ1) is 7.47. The number of hydrogen-bond acceptors (Lipinski definition) is 5. The van der Waals surface area contributed by atoms with Crippen LogP contribution in [-0.2, 0) is 20.6 Å². The molecule has 1 heterocycles. The Kier molecular flexibility index (Phi) is 5.88.